The van der Waals surface area contributed by atoms with Gasteiger partial charge in [-0.1, -0.05) is 30.9 Å². The molecular formula is C15H14N2O3. The molecule has 20 heavy (non-hydrogen) atoms. The lowest BCUT2D eigenvalue weighted by Gasteiger charge is -2.07. The molecule has 0 amide bonds. The molecule has 0 aliphatic rings. The van der Waals surface area contributed by atoms with Crippen molar-refractivity contribution in [2.45, 2.75) is 13.5 Å². The minimum atomic E-state index is -0.727. The van der Waals surface area contributed by atoms with Crippen molar-refractivity contribution in [2.24, 2.45) is 0 Å². The second-order valence-electron chi connectivity index (χ2n) is 4.09. The Balaban J connectivity index is 2.63. The first kappa shape index (κ1) is 13.7. The molecule has 102 valence electrons. The lowest BCUT2D eigenvalue weighted by Crippen LogP contribution is -2.26. The summed E-state index contributed by atoms with van der Waals surface area (Å²) in [5, 5.41) is 0.279. The Bertz CT molecular complexity index is 810. The van der Waals surface area contributed by atoms with E-state index in [0.717, 1.165) is 5.57 Å². The highest BCUT2D eigenvalue weighted by Crippen LogP contribution is 2.07. The molecule has 5 heteroatoms. The maximum Gasteiger partial charge on any atom is 0.423 e. The highest BCUT2D eigenvalue weighted by Gasteiger charge is 2.10. The minimum Gasteiger partial charge on any atom is -0.372 e. The first-order valence-corrected chi connectivity index (χ1v) is 6.10. The summed E-state index contributed by atoms with van der Waals surface area (Å²) < 4.78 is 6.02. The van der Waals surface area contributed by atoms with Crippen LogP contribution in [0.3, 0.4) is 0 Å². The van der Waals surface area contributed by atoms with Crippen molar-refractivity contribution >= 4 is 11.0 Å². The third-order valence-electron chi connectivity index (χ3n) is 2.77. The Kier molecular flexibility index (Phi) is 4.10. The molecule has 0 atom stereocenters. The molecule has 0 saturated heterocycles. The van der Waals surface area contributed by atoms with E-state index >= 15 is 0 Å². The number of rotatable bonds is 4. The van der Waals surface area contributed by atoms with E-state index < -0.39 is 11.4 Å². The van der Waals surface area contributed by atoms with Gasteiger partial charge in [0.1, 0.15) is 5.39 Å². The van der Waals surface area contributed by atoms with Gasteiger partial charge in [-0.05, 0) is 24.6 Å². The average molecular weight is 270 g/mol. The molecule has 5 nitrogen and oxygen atoms in total. The van der Waals surface area contributed by atoms with E-state index in [1.807, 2.05) is 25.2 Å². The zero-order chi connectivity index (χ0) is 14.5. The number of allylic oxidation sites excluding steroid dienone is 5. The molecule has 0 unspecified atom stereocenters. The summed E-state index contributed by atoms with van der Waals surface area (Å²) in [6.07, 6.45) is 8.72. The molecule has 0 aromatic carbocycles. The molecule has 0 aliphatic carbocycles. The van der Waals surface area contributed by atoms with Crippen LogP contribution in [0.4, 0.5) is 0 Å². The fraction of sp³-hybridized carbons (Fsp3) is 0.133. The molecule has 0 spiro atoms. The molecule has 0 fully saturated rings. The number of fused-ring (bicyclic) bond motifs is 1. The summed E-state index contributed by atoms with van der Waals surface area (Å²) in [5.41, 5.74) is 0.444. The summed E-state index contributed by atoms with van der Waals surface area (Å²) in [5.74, 6) is -0.727. The van der Waals surface area contributed by atoms with E-state index in [0.29, 0.717) is 5.65 Å². The molecule has 0 saturated carbocycles. The van der Waals surface area contributed by atoms with E-state index in [-0.39, 0.29) is 11.9 Å². The first-order chi connectivity index (χ1) is 9.67. The quantitative estimate of drug-likeness (QED) is 0.797. The summed E-state index contributed by atoms with van der Waals surface area (Å²) in [6.45, 7) is 5.84. The largest absolute Gasteiger partial charge is 0.423 e. The molecule has 2 rings (SSSR count). The number of hydrogen-bond donors (Lipinski definition) is 0. The van der Waals surface area contributed by atoms with Crippen molar-refractivity contribution in [1.82, 2.24) is 9.55 Å². The Labute approximate surface area is 115 Å². The van der Waals surface area contributed by atoms with Gasteiger partial charge in [0.05, 0.1) is 6.54 Å². The van der Waals surface area contributed by atoms with Crippen molar-refractivity contribution in [3.05, 3.63) is 75.8 Å². The summed E-state index contributed by atoms with van der Waals surface area (Å²) >= 11 is 0. The highest BCUT2D eigenvalue weighted by molar-refractivity contribution is 5.72. The van der Waals surface area contributed by atoms with Crippen molar-refractivity contribution < 1.29 is 4.42 Å². The monoisotopic (exact) mass is 270 g/mol. The van der Waals surface area contributed by atoms with Crippen LogP contribution in [0.5, 0.6) is 0 Å². The summed E-state index contributed by atoms with van der Waals surface area (Å²) in [4.78, 5) is 27.6. The Morgan fingerprint density at radius 2 is 2.30 bits per heavy atom. The zero-order valence-corrected chi connectivity index (χ0v) is 11.1. The van der Waals surface area contributed by atoms with Crippen LogP contribution in [0, 0.1) is 0 Å². The number of nitrogens with zero attached hydrogens (tertiary/aromatic N) is 2. The van der Waals surface area contributed by atoms with E-state index in [1.54, 1.807) is 18.2 Å². The van der Waals surface area contributed by atoms with Crippen LogP contribution in [0.25, 0.3) is 11.0 Å². The lowest BCUT2D eigenvalue weighted by atomic mass is 10.2. The van der Waals surface area contributed by atoms with Crippen molar-refractivity contribution in [3.8, 4) is 0 Å². The Morgan fingerprint density at radius 3 is 3.00 bits per heavy atom. The fourth-order valence-electron chi connectivity index (χ4n) is 1.77. The average Bonchev–Trinajstić information content (AvgIpc) is 2.46. The predicted octanol–water partition coefficient (Wildman–Crippen LogP) is 2.04. The second kappa shape index (κ2) is 5.97. The van der Waals surface area contributed by atoms with Crippen molar-refractivity contribution in [2.75, 3.05) is 0 Å². The maximum absolute atomic E-state index is 11.9. The number of aromatic nitrogens is 2. The van der Waals surface area contributed by atoms with Gasteiger partial charge in [0.2, 0.25) is 0 Å². The molecular weight excluding hydrogens is 256 g/mol. The van der Waals surface area contributed by atoms with Crippen LogP contribution in [0.2, 0.25) is 0 Å². The third-order valence-corrected chi connectivity index (χ3v) is 2.77. The topological polar surface area (TPSA) is 65.1 Å². The van der Waals surface area contributed by atoms with Crippen LogP contribution >= 0.6 is 0 Å². The number of pyridine rings is 1. The van der Waals surface area contributed by atoms with Crippen molar-refractivity contribution in [1.29, 1.82) is 0 Å². The van der Waals surface area contributed by atoms with Crippen LogP contribution in [0.1, 0.15) is 6.92 Å². The van der Waals surface area contributed by atoms with Gasteiger partial charge in [0.15, 0.2) is 5.65 Å². The third kappa shape index (κ3) is 2.66. The maximum atomic E-state index is 11.9. The van der Waals surface area contributed by atoms with Gasteiger partial charge >= 0.3 is 11.4 Å². The van der Waals surface area contributed by atoms with Gasteiger partial charge in [-0.3, -0.25) is 4.57 Å². The van der Waals surface area contributed by atoms with E-state index in [9.17, 15) is 9.59 Å². The van der Waals surface area contributed by atoms with Crippen LogP contribution < -0.4 is 11.4 Å². The van der Waals surface area contributed by atoms with Gasteiger partial charge in [0.25, 0.3) is 0 Å². The van der Waals surface area contributed by atoms with E-state index in [1.165, 1.54) is 10.8 Å². The molecule has 0 radical (unpaired) electrons. The molecule has 2 aromatic heterocycles. The molecule has 0 N–H and O–H groups in total. The Morgan fingerprint density at radius 1 is 1.50 bits per heavy atom. The summed E-state index contributed by atoms with van der Waals surface area (Å²) in [7, 11) is 0. The normalized spacial score (nSPS) is 12.2. The second-order valence-corrected chi connectivity index (χ2v) is 4.09. The van der Waals surface area contributed by atoms with Gasteiger partial charge in [-0.2, -0.15) is 0 Å². The Hall–Kier alpha value is -2.69. The molecule has 2 heterocycles. The van der Waals surface area contributed by atoms with Gasteiger partial charge < -0.3 is 4.42 Å². The molecule has 0 bridgehead atoms. The van der Waals surface area contributed by atoms with E-state index in [4.69, 9.17) is 4.42 Å². The van der Waals surface area contributed by atoms with Crippen LogP contribution in [-0.2, 0) is 6.54 Å². The predicted molar refractivity (Wildman–Crippen MR) is 77.6 cm³/mol. The van der Waals surface area contributed by atoms with Gasteiger partial charge in [0, 0.05) is 6.20 Å². The van der Waals surface area contributed by atoms with Gasteiger partial charge in [-0.15, -0.1) is 0 Å². The minimum absolute atomic E-state index is 0.240. The standard InChI is InChI=1S/C15H14N2O3/c1-3-5-7-11(4-2)10-17-13-12(8-6-9-16-13)14(18)20-15(17)19/h3-9H,2,10H2,1H3/b5-3-,11-7+. The van der Waals surface area contributed by atoms with Crippen molar-refractivity contribution in [3.63, 3.8) is 0 Å². The smallest absolute Gasteiger partial charge is 0.372 e. The first-order valence-electron chi connectivity index (χ1n) is 6.10. The number of hydrogen-bond acceptors (Lipinski definition) is 4. The highest BCUT2D eigenvalue weighted by atomic mass is 16.4. The molecule has 0 aliphatic heterocycles. The van der Waals surface area contributed by atoms with Gasteiger partial charge in [-0.25, -0.2) is 14.6 Å². The fourth-order valence-corrected chi connectivity index (χ4v) is 1.77. The SMILES string of the molecule is C=C/C(=C\C=C/C)Cn1c(=O)oc(=O)c2cccnc21. The van der Waals surface area contributed by atoms with Crippen LogP contribution in [0.15, 0.2) is 68.8 Å². The van der Waals surface area contributed by atoms with E-state index in [2.05, 4.69) is 11.6 Å². The molecule has 2 aromatic rings. The summed E-state index contributed by atoms with van der Waals surface area (Å²) in [6, 6.07) is 3.20. The van der Waals surface area contributed by atoms with Crippen LogP contribution in [-0.4, -0.2) is 9.55 Å². The lowest BCUT2D eigenvalue weighted by molar-refractivity contribution is 0.423. The zero-order valence-electron chi connectivity index (χ0n) is 11.1.